The van der Waals surface area contributed by atoms with Crippen LogP contribution in [0.25, 0.3) is 11.1 Å². The molecule has 1 aliphatic carbocycles. The summed E-state index contributed by atoms with van der Waals surface area (Å²) in [5, 5.41) is 55.8. The first kappa shape index (κ1) is 49.4. The standard InChI is InChI=1S/C50H60ClN9O6/c1-48(2,3)42(45(65)60-29-36(61)22-39(60)44(64)57-26-31-10-8-30(24-52)9-11-31)58-41(62)28-54-20-21-55-40-19-17-35(27-56-40)32-12-14-33(15-13-32)43(63)59-46-49(4,5)47(50(46,6)7)66-37-18-16-34(25-53)38(51)23-37/h8-19,23,27,36,39,42-43,46-47,54,59,61,63H,20-22,26,28-29H2,1-7H3,(H,55,56)(H,57,64)(H,58,62)/t36-,39+,42-,43?,46-,47-/m1/s1. The van der Waals surface area contributed by atoms with Crippen LogP contribution in [0.3, 0.4) is 0 Å². The monoisotopic (exact) mass is 917 g/mol. The maximum absolute atomic E-state index is 13.9. The van der Waals surface area contributed by atoms with E-state index in [2.05, 4.69) is 71.4 Å². The second-order valence-corrected chi connectivity index (χ2v) is 19.8. The van der Waals surface area contributed by atoms with Crippen molar-refractivity contribution < 1.29 is 29.3 Å². The molecule has 4 atom stereocenters. The SMILES string of the molecule is CC(C)(C)[C@H](NC(=O)CNCCNc1ccc(-c2ccc(C(O)N[C@H]3C(C)(C)[C@H](Oc4ccc(C#N)c(Cl)c4)C3(C)C)cc2)cn1)C(=O)N1C[C@H](O)C[C@H]1C(=O)NCc1ccc(C#N)cc1. The van der Waals surface area contributed by atoms with E-state index < -0.39 is 41.6 Å². The number of likely N-dealkylation sites (tertiary alicyclic amines) is 1. The largest absolute Gasteiger partial charge is 0.489 e. The van der Waals surface area contributed by atoms with Crippen molar-refractivity contribution in [3.05, 3.63) is 112 Å². The van der Waals surface area contributed by atoms with Crippen LogP contribution in [0.5, 0.6) is 5.75 Å². The molecule has 1 unspecified atom stereocenters. The highest BCUT2D eigenvalue weighted by molar-refractivity contribution is 6.31. The Morgan fingerprint density at radius 2 is 1.62 bits per heavy atom. The van der Waals surface area contributed by atoms with E-state index in [0.717, 1.165) is 22.3 Å². The highest BCUT2D eigenvalue weighted by Crippen LogP contribution is 2.56. The molecule has 4 aromatic rings. The molecule has 1 saturated heterocycles. The van der Waals surface area contributed by atoms with Crippen molar-refractivity contribution in [3.63, 3.8) is 0 Å². The summed E-state index contributed by atoms with van der Waals surface area (Å²) in [5.74, 6) is 0.00448. The van der Waals surface area contributed by atoms with Gasteiger partial charge in [-0.2, -0.15) is 10.5 Å². The van der Waals surface area contributed by atoms with Gasteiger partial charge in [-0.3, -0.25) is 19.7 Å². The van der Waals surface area contributed by atoms with E-state index in [9.17, 15) is 29.9 Å². The third-order valence-electron chi connectivity index (χ3n) is 12.5. The number of benzene rings is 3. The zero-order chi connectivity index (χ0) is 48.0. The van der Waals surface area contributed by atoms with Crippen LogP contribution in [-0.4, -0.2) is 94.3 Å². The van der Waals surface area contributed by atoms with Gasteiger partial charge in [-0.25, -0.2) is 4.98 Å². The Balaban J connectivity index is 0.935. The van der Waals surface area contributed by atoms with Crippen molar-refractivity contribution in [3.8, 4) is 29.0 Å². The van der Waals surface area contributed by atoms with Gasteiger partial charge in [0.05, 0.1) is 34.9 Å². The zero-order valence-electron chi connectivity index (χ0n) is 38.5. The zero-order valence-corrected chi connectivity index (χ0v) is 39.2. The van der Waals surface area contributed by atoms with E-state index in [4.69, 9.17) is 21.6 Å². The minimum atomic E-state index is -0.950. The number of aliphatic hydroxyl groups is 2. The second kappa shape index (κ2) is 20.6. The first-order valence-corrected chi connectivity index (χ1v) is 22.5. The van der Waals surface area contributed by atoms with Crippen LogP contribution >= 0.6 is 11.6 Å². The number of anilines is 1. The number of aromatic nitrogens is 1. The Morgan fingerprint density at radius 1 is 0.939 bits per heavy atom. The molecule has 0 spiro atoms. The van der Waals surface area contributed by atoms with Gasteiger partial charge in [0.25, 0.3) is 0 Å². The Morgan fingerprint density at radius 3 is 2.23 bits per heavy atom. The average Bonchev–Trinajstić information content (AvgIpc) is 3.69. The van der Waals surface area contributed by atoms with Gasteiger partial charge < -0.3 is 41.1 Å². The Labute approximate surface area is 391 Å². The number of nitriles is 2. The lowest BCUT2D eigenvalue weighted by molar-refractivity contribution is -0.179. The number of halogens is 1. The quantitative estimate of drug-likeness (QED) is 0.0521. The van der Waals surface area contributed by atoms with Crippen molar-refractivity contribution in [2.75, 3.05) is 31.5 Å². The molecule has 3 aromatic carbocycles. The third kappa shape index (κ3) is 11.5. The molecule has 15 nitrogen and oxygen atoms in total. The number of ether oxygens (including phenoxy) is 1. The molecule has 0 bridgehead atoms. The number of pyridine rings is 1. The van der Waals surface area contributed by atoms with Crippen molar-refractivity contribution in [2.24, 2.45) is 16.2 Å². The molecular formula is C50H60ClN9O6. The number of carbonyl (C=O) groups is 3. The van der Waals surface area contributed by atoms with Gasteiger partial charge in [0.2, 0.25) is 17.7 Å². The molecule has 16 heteroatoms. The average molecular weight is 919 g/mol. The topological polar surface area (TPSA) is 225 Å². The Kier molecular flexibility index (Phi) is 15.4. The normalized spacial score (nSPS) is 20.5. The number of β-amino-alcohol motifs (C(OH)–C–C–N with tert-alkyl or cyclic N) is 1. The minimum absolute atomic E-state index is 0.0273. The maximum atomic E-state index is 13.9. The van der Waals surface area contributed by atoms with Crippen molar-refractivity contribution in [1.29, 1.82) is 10.5 Å². The molecule has 348 valence electrons. The highest BCUT2D eigenvalue weighted by Gasteiger charge is 2.64. The summed E-state index contributed by atoms with van der Waals surface area (Å²) in [6, 6.07) is 25.6. The van der Waals surface area contributed by atoms with Crippen LogP contribution in [0.4, 0.5) is 5.82 Å². The highest BCUT2D eigenvalue weighted by atomic mass is 35.5. The van der Waals surface area contributed by atoms with E-state index >= 15 is 0 Å². The van der Waals surface area contributed by atoms with Crippen molar-refractivity contribution in [2.45, 2.75) is 98.0 Å². The Hall–Kier alpha value is -6.07. The van der Waals surface area contributed by atoms with Gasteiger partial charge in [0.1, 0.15) is 42.1 Å². The summed E-state index contributed by atoms with van der Waals surface area (Å²) in [6.45, 7) is 14.9. The third-order valence-corrected chi connectivity index (χ3v) is 12.8. The van der Waals surface area contributed by atoms with Crippen LogP contribution in [0.1, 0.15) is 83.4 Å². The number of hydrogen-bond acceptors (Lipinski definition) is 12. The number of aliphatic hydroxyl groups excluding tert-OH is 2. The summed E-state index contributed by atoms with van der Waals surface area (Å²) in [5.41, 5.74) is 2.87. The fraction of sp³-hybridized carbons (Fsp3) is 0.440. The van der Waals surface area contributed by atoms with Gasteiger partial charge >= 0.3 is 0 Å². The van der Waals surface area contributed by atoms with Crippen LogP contribution in [0.2, 0.25) is 5.02 Å². The van der Waals surface area contributed by atoms with Crippen molar-refractivity contribution >= 4 is 35.1 Å². The molecule has 2 heterocycles. The molecule has 0 radical (unpaired) electrons. The number of nitrogens with one attached hydrogen (secondary N) is 5. The van der Waals surface area contributed by atoms with E-state index in [1.54, 1.807) is 48.7 Å². The summed E-state index contributed by atoms with van der Waals surface area (Å²) < 4.78 is 6.39. The lowest BCUT2D eigenvalue weighted by Crippen LogP contribution is -2.74. The summed E-state index contributed by atoms with van der Waals surface area (Å²) >= 11 is 6.25. The fourth-order valence-corrected chi connectivity index (χ4v) is 9.46. The summed E-state index contributed by atoms with van der Waals surface area (Å²) in [4.78, 5) is 46.2. The first-order valence-electron chi connectivity index (χ1n) is 22.1. The van der Waals surface area contributed by atoms with Crippen molar-refractivity contribution in [1.82, 2.24) is 31.2 Å². The van der Waals surface area contributed by atoms with Gasteiger partial charge in [-0.05, 0) is 58.5 Å². The van der Waals surface area contributed by atoms with Gasteiger partial charge in [0.15, 0.2) is 0 Å². The molecule has 66 heavy (non-hydrogen) atoms. The van der Waals surface area contributed by atoms with Gasteiger partial charge in [0, 0.05) is 67.3 Å². The van der Waals surface area contributed by atoms with Crippen LogP contribution in [0, 0.1) is 38.9 Å². The fourth-order valence-electron chi connectivity index (χ4n) is 9.25. The van der Waals surface area contributed by atoms with E-state index in [0.29, 0.717) is 40.8 Å². The lowest BCUT2D eigenvalue weighted by atomic mass is 9.49. The number of nitrogens with zero attached hydrogens (tertiary/aromatic N) is 4. The lowest BCUT2D eigenvalue weighted by Gasteiger charge is -2.63. The predicted octanol–water partition coefficient (Wildman–Crippen LogP) is 5.42. The Bertz CT molecular complexity index is 2430. The van der Waals surface area contributed by atoms with E-state index in [-0.39, 0.29) is 54.9 Å². The molecule has 7 N–H and O–H groups in total. The number of hydrogen-bond donors (Lipinski definition) is 7. The number of carbonyl (C=O) groups excluding carboxylic acids is 3. The predicted molar refractivity (Wildman–Crippen MR) is 252 cm³/mol. The molecule has 3 amide bonds. The van der Waals surface area contributed by atoms with Crippen LogP contribution in [-0.2, 0) is 20.9 Å². The molecule has 1 aromatic heterocycles. The van der Waals surface area contributed by atoms with Gasteiger partial charge in [-0.1, -0.05) is 96.5 Å². The molecule has 2 aliphatic rings. The molecule has 6 rings (SSSR count). The smallest absolute Gasteiger partial charge is 0.246 e. The van der Waals surface area contributed by atoms with Crippen LogP contribution in [0.15, 0.2) is 85.1 Å². The van der Waals surface area contributed by atoms with E-state index in [1.165, 1.54) is 4.90 Å². The number of amides is 3. The first-order chi connectivity index (χ1) is 31.2. The van der Waals surface area contributed by atoms with Gasteiger partial charge in [-0.15, -0.1) is 0 Å². The summed E-state index contributed by atoms with van der Waals surface area (Å²) in [7, 11) is 0. The maximum Gasteiger partial charge on any atom is 0.246 e. The molecule has 2 fully saturated rings. The van der Waals surface area contributed by atoms with E-state index in [1.807, 2.05) is 57.2 Å². The second-order valence-electron chi connectivity index (χ2n) is 19.3. The molecule has 1 saturated carbocycles. The van der Waals surface area contributed by atoms with Crippen LogP contribution < -0.4 is 31.3 Å². The molecular weight excluding hydrogens is 858 g/mol. The summed E-state index contributed by atoms with van der Waals surface area (Å²) in [6.07, 6.45) is -0.128. The minimum Gasteiger partial charge on any atom is -0.489 e. The number of rotatable bonds is 17. The molecule has 1 aliphatic heterocycles.